The number of rotatable bonds is 4. The molecule has 4 atom stereocenters. The predicted molar refractivity (Wildman–Crippen MR) is 124 cm³/mol. The lowest BCUT2D eigenvalue weighted by atomic mass is 9.73. The zero-order valence-electron chi connectivity index (χ0n) is 17.8. The maximum absolute atomic E-state index is 13.6. The number of imide groups is 1. The molecule has 0 spiro atoms. The Morgan fingerprint density at radius 1 is 0.688 bits per heavy atom. The molecular formula is C28H23NO3. The average Bonchev–Trinajstić information content (AvgIpc) is 3.49. The van der Waals surface area contributed by atoms with Crippen LogP contribution in [0.15, 0.2) is 84.9 Å². The molecule has 3 aromatic carbocycles. The van der Waals surface area contributed by atoms with Crippen molar-refractivity contribution < 1.29 is 14.3 Å². The number of hydrogen-bond acceptors (Lipinski definition) is 3. The summed E-state index contributed by atoms with van der Waals surface area (Å²) >= 11 is 0. The van der Waals surface area contributed by atoms with Crippen molar-refractivity contribution in [1.82, 2.24) is 0 Å². The molecule has 2 aliphatic carbocycles. The smallest absolute Gasteiger partial charge is 0.238 e. The first kappa shape index (κ1) is 19.1. The lowest BCUT2D eigenvalue weighted by molar-refractivity contribution is -0.123. The number of carbonyl (C=O) groups is 2. The minimum absolute atomic E-state index is 0.0577. The van der Waals surface area contributed by atoms with Gasteiger partial charge in [0, 0.05) is 0 Å². The number of methoxy groups -OCH3 is 1. The van der Waals surface area contributed by atoms with Crippen molar-refractivity contribution >= 4 is 28.6 Å². The maximum atomic E-state index is 13.6. The van der Waals surface area contributed by atoms with Crippen molar-refractivity contribution in [2.24, 2.45) is 23.7 Å². The second-order valence-corrected chi connectivity index (χ2v) is 8.77. The molecule has 32 heavy (non-hydrogen) atoms. The first-order valence-electron chi connectivity index (χ1n) is 11.1. The van der Waals surface area contributed by atoms with Gasteiger partial charge in [0.1, 0.15) is 5.75 Å². The van der Waals surface area contributed by atoms with Gasteiger partial charge in [0.25, 0.3) is 0 Å². The van der Waals surface area contributed by atoms with Gasteiger partial charge in [0.15, 0.2) is 0 Å². The maximum Gasteiger partial charge on any atom is 0.238 e. The van der Waals surface area contributed by atoms with Crippen molar-refractivity contribution in [2.45, 2.75) is 6.42 Å². The lowest BCUT2D eigenvalue weighted by Crippen LogP contribution is -2.32. The van der Waals surface area contributed by atoms with Gasteiger partial charge in [-0.05, 0) is 64.8 Å². The van der Waals surface area contributed by atoms with Gasteiger partial charge in [0.2, 0.25) is 11.8 Å². The highest BCUT2D eigenvalue weighted by Gasteiger charge is 2.64. The van der Waals surface area contributed by atoms with Crippen LogP contribution in [0.1, 0.15) is 17.5 Å². The molecule has 3 aromatic rings. The summed E-state index contributed by atoms with van der Waals surface area (Å²) in [6.07, 6.45) is 0.859. The molecule has 0 N–H and O–H groups in total. The largest absolute Gasteiger partial charge is 0.497 e. The van der Waals surface area contributed by atoms with E-state index in [1.54, 1.807) is 31.4 Å². The van der Waals surface area contributed by atoms with E-state index < -0.39 is 0 Å². The topological polar surface area (TPSA) is 46.6 Å². The first-order valence-corrected chi connectivity index (χ1v) is 11.1. The van der Waals surface area contributed by atoms with Crippen molar-refractivity contribution in [1.29, 1.82) is 0 Å². The van der Waals surface area contributed by atoms with E-state index in [0.717, 1.165) is 17.5 Å². The molecule has 0 aromatic heterocycles. The number of amides is 2. The molecule has 4 nitrogen and oxygen atoms in total. The van der Waals surface area contributed by atoms with E-state index in [2.05, 4.69) is 24.3 Å². The zero-order chi connectivity index (χ0) is 21.8. The minimum atomic E-state index is -0.294. The van der Waals surface area contributed by atoms with Gasteiger partial charge in [-0.2, -0.15) is 0 Å². The molecule has 6 rings (SSSR count). The van der Waals surface area contributed by atoms with Crippen LogP contribution < -0.4 is 9.64 Å². The van der Waals surface area contributed by atoms with Gasteiger partial charge in [-0.15, -0.1) is 0 Å². The SMILES string of the molecule is COc1ccc(N2C(=O)[C@@H]3[C@H](C2=O)[C@@H]2C[C@@H]3C(c3ccccc3)=C2c2ccccc2)cc1. The molecule has 3 aliphatic rings. The van der Waals surface area contributed by atoms with Gasteiger partial charge in [-0.1, -0.05) is 60.7 Å². The van der Waals surface area contributed by atoms with Gasteiger partial charge >= 0.3 is 0 Å². The third kappa shape index (κ3) is 2.62. The number of fused-ring (bicyclic) bond motifs is 5. The van der Waals surface area contributed by atoms with Crippen molar-refractivity contribution in [3.63, 3.8) is 0 Å². The van der Waals surface area contributed by atoms with Crippen LogP contribution in [0.4, 0.5) is 5.69 Å². The van der Waals surface area contributed by atoms with E-state index in [-0.39, 0.29) is 35.5 Å². The fourth-order valence-electron chi connectivity index (χ4n) is 6.08. The van der Waals surface area contributed by atoms with E-state index in [1.165, 1.54) is 16.0 Å². The number of anilines is 1. The van der Waals surface area contributed by atoms with Crippen LogP contribution in [0, 0.1) is 23.7 Å². The van der Waals surface area contributed by atoms with Crippen molar-refractivity contribution in [3.05, 3.63) is 96.1 Å². The average molecular weight is 421 g/mol. The molecule has 1 aliphatic heterocycles. The predicted octanol–water partition coefficient (Wildman–Crippen LogP) is 5.06. The zero-order valence-corrected chi connectivity index (χ0v) is 17.8. The van der Waals surface area contributed by atoms with Gasteiger partial charge in [-0.3, -0.25) is 14.5 Å². The number of allylic oxidation sites excluding steroid dienone is 2. The Morgan fingerprint density at radius 3 is 1.59 bits per heavy atom. The fourth-order valence-corrected chi connectivity index (χ4v) is 6.08. The molecule has 0 unspecified atom stereocenters. The summed E-state index contributed by atoms with van der Waals surface area (Å²) in [4.78, 5) is 28.6. The lowest BCUT2D eigenvalue weighted by Gasteiger charge is -2.27. The van der Waals surface area contributed by atoms with Crippen LogP contribution in [0.25, 0.3) is 11.1 Å². The van der Waals surface area contributed by atoms with E-state index in [9.17, 15) is 9.59 Å². The summed E-state index contributed by atoms with van der Waals surface area (Å²) in [6.45, 7) is 0. The molecule has 0 radical (unpaired) electrons. The Labute approximate surface area is 187 Å². The summed E-state index contributed by atoms with van der Waals surface area (Å²) in [5, 5.41) is 0. The Balaban J connectivity index is 1.46. The van der Waals surface area contributed by atoms with E-state index in [0.29, 0.717) is 11.4 Å². The second-order valence-electron chi connectivity index (χ2n) is 8.77. The van der Waals surface area contributed by atoms with Gasteiger partial charge < -0.3 is 4.74 Å². The number of benzene rings is 3. The number of nitrogens with zero attached hydrogens (tertiary/aromatic N) is 1. The Morgan fingerprint density at radius 2 is 1.16 bits per heavy atom. The van der Waals surface area contributed by atoms with Crippen LogP contribution in [0.5, 0.6) is 5.75 Å². The summed E-state index contributed by atoms with van der Waals surface area (Å²) in [5.41, 5.74) is 5.40. The van der Waals surface area contributed by atoms with Crippen LogP contribution in [0.3, 0.4) is 0 Å². The van der Waals surface area contributed by atoms with Crippen LogP contribution in [0.2, 0.25) is 0 Å². The number of hydrogen-bond donors (Lipinski definition) is 0. The first-order chi connectivity index (χ1) is 15.7. The molecular weight excluding hydrogens is 398 g/mol. The molecule has 2 bridgehead atoms. The Bertz CT molecular complexity index is 1160. The van der Waals surface area contributed by atoms with Gasteiger partial charge in [-0.25, -0.2) is 0 Å². The third-order valence-electron chi connectivity index (χ3n) is 7.30. The van der Waals surface area contributed by atoms with Gasteiger partial charge in [0.05, 0.1) is 24.6 Å². The van der Waals surface area contributed by atoms with Crippen LogP contribution in [-0.4, -0.2) is 18.9 Å². The van der Waals surface area contributed by atoms with E-state index >= 15 is 0 Å². The summed E-state index contributed by atoms with van der Waals surface area (Å²) in [7, 11) is 1.60. The quantitative estimate of drug-likeness (QED) is 0.553. The molecule has 4 heteroatoms. The molecule has 158 valence electrons. The Hall–Kier alpha value is -3.66. The highest BCUT2D eigenvalue weighted by atomic mass is 16.5. The normalized spacial score (nSPS) is 26.1. The standard InChI is InChI=1S/C28H23NO3/c1-32-20-14-12-19(13-15-20)29-27(30)25-21-16-22(26(25)28(29)31)24(18-10-6-3-7-11-18)23(21)17-8-4-2-5-9-17/h2-15,21-22,25-26H,16H2,1H3/t21-,22-,25-,26+/m1/s1. The highest BCUT2D eigenvalue weighted by Crippen LogP contribution is 2.63. The van der Waals surface area contributed by atoms with Crippen molar-refractivity contribution in [3.8, 4) is 5.75 Å². The van der Waals surface area contributed by atoms with E-state index in [1.807, 2.05) is 36.4 Å². The summed E-state index contributed by atoms with van der Waals surface area (Å²) in [6, 6.07) is 27.8. The monoisotopic (exact) mass is 421 g/mol. The number of carbonyl (C=O) groups excluding carboxylic acids is 2. The van der Waals surface area contributed by atoms with E-state index in [4.69, 9.17) is 4.74 Å². The molecule has 1 heterocycles. The third-order valence-corrected chi connectivity index (χ3v) is 7.30. The van der Waals surface area contributed by atoms with Crippen molar-refractivity contribution in [2.75, 3.05) is 12.0 Å². The fraction of sp³-hybridized carbons (Fsp3) is 0.214. The number of ether oxygens (including phenoxy) is 1. The Kier molecular flexibility index (Phi) is 4.29. The highest BCUT2D eigenvalue weighted by molar-refractivity contribution is 6.24. The second kappa shape index (κ2) is 7.20. The van der Waals surface area contributed by atoms with Crippen LogP contribution in [-0.2, 0) is 9.59 Å². The molecule has 1 saturated carbocycles. The summed E-state index contributed by atoms with van der Waals surface area (Å²) < 4.78 is 5.24. The van der Waals surface area contributed by atoms with Crippen LogP contribution >= 0.6 is 0 Å². The minimum Gasteiger partial charge on any atom is -0.497 e. The molecule has 2 fully saturated rings. The summed E-state index contributed by atoms with van der Waals surface area (Å²) in [5.74, 6) is 0.0862. The molecule has 1 saturated heterocycles. The molecule has 2 amide bonds.